The Morgan fingerprint density at radius 2 is 0.605 bits per heavy atom. The van der Waals surface area contributed by atoms with Crippen molar-refractivity contribution in [1.82, 2.24) is 5.32 Å². The van der Waals surface area contributed by atoms with Crippen molar-refractivity contribution in [2.45, 2.75) is 411 Å². The molecule has 1 amide bonds. The average Bonchev–Trinajstić information content (AvgIpc) is 3.42. The lowest BCUT2D eigenvalue weighted by atomic mass is 10.0. The van der Waals surface area contributed by atoms with Gasteiger partial charge < -0.3 is 20.3 Å². The molecule has 0 spiro atoms. The van der Waals surface area contributed by atoms with Gasteiger partial charge in [0, 0.05) is 12.8 Å². The van der Waals surface area contributed by atoms with Gasteiger partial charge in [0.15, 0.2) is 0 Å². The van der Waals surface area contributed by atoms with Crippen molar-refractivity contribution >= 4 is 11.9 Å². The summed E-state index contributed by atoms with van der Waals surface area (Å²) in [6, 6.07) is -0.627. The van der Waals surface area contributed by atoms with Gasteiger partial charge in [-0.1, -0.05) is 366 Å². The smallest absolute Gasteiger partial charge is 0.305 e. The van der Waals surface area contributed by atoms with Gasteiger partial charge >= 0.3 is 5.97 Å². The number of aliphatic hydroxyl groups is 2. The number of allylic oxidation sites excluding steroid dienone is 1. The van der Waals surface area contributed by atoms with Crippen molar-refractivity contribution in [3.8, 4) is 0 Å². The van der Waals surface area contributed by atoms with Crippen molar-refractivity contribution in [1.29, 1.82) is 0 Å². The lowest BCUT2D eigenvalue weighted by molar-refractivity contribution is -0.143. The molecule has 0 radical (unpaired) electrons. The molecule has 0 aromatic heterocycles. The molecular weight excluding hydrogens is 935 g/mol. The van der Waals surface area contributed by atoms with Crippen LogP contribution in [0.5, 0.6) is 0 Å². The van der Waals surface area contributed by atoms with Crippen molar-refractivity contribution in [2.75, 3.05) is 13.2 Å². The summed E-state index contributed by atoms with van der Waals surface area (Å²) in [5.74, 6) is -0.0435. The molecule has 2 unspecified atom stereocenters. The summed E-state index contributed by atoms with van der Waals surface area (Å²) >= 11 is 0. The van der Waals surface area contributed by atoms with Gasteiger partial charge in [-0.05, 0) is 32.1 Å². The van der Waals surface area contributed by atoms with E-state index >= 15 is 0 Å². The van der Waals surface area contributed by atoms with Crippen LogP contribution in [0.2, 0.25) is 0 Å². The Balaban J connectivity index is 3.38. The number of ether oxygens (including phenoxy) is 1. The summed E-state index contributed by atoms with van der Waals surface area (Å²) in [7, 11) is 0. The molecule has 0 aromatic rings. The molecule has 76 heavy (non-hydrogen) atoms. The number of unbranched alkanes of at least 4 members (excludes halogenated alkanes) is 55. The molecular formula is C70H137NO5. The second kappa shape index (κ2) is 66.1. The van der Waals surface area contributed by atoms with Crippen molar-refractivity contribution in [2.24, 2.45) is 0 Å². The Hall–Kier alpha value is -1.40. The first-order chi connectivity index (χ1) is 37.5. The van der Waals surface area contributed by atoms with Crippen LogP contribution in [-0.2, 0) is 14.3 Å². The van der Waals surface area contributed by atoms with Crippen LogP contribution in [0, 0.1) is 0 Å². The van der Waals surface area contributed by atoms with Crippen molar-refractivity contribution in [3.63, 3.8) is 0 Å². The number of rotatable bonds is 66. The van der Waals surface area contributed by atoms with Crippen molar-refractivity contribution in [3.05, 3.63) is 12.2 Å². The number of amides is 1. The molecule has 0 saturated carbocycles. The third-order valence-corrected chi connectivity index (χ3v) is 16.6. The molecule has 2 atom stereocenters. The highest BCUT2D eigenvalue weighted by atomic mass is 16.5. The summed E-state index contributed by atoms with van der Waals surface area (Å²) in [6.07, 6.45) is 81.4. The zero-order valence-electron chi connectivity index (χ0n) is 51.8. The zero-order valence-corrected chi connectivity index (χ0v) is 51.8. The van der Waals surface area contributed by atoms with Gasteiger partial charge in [-0.2, -0.15) is 0 Å². The number of carbonyl (C=O) groups excluding carboxylic acids is 2. The Morgan fingerprint density at radius 1 is 0.355 bits per heavy atom. The maximum Gasteiger partial charge on any atom is 0.305 e. The normalized spacial score (nSPS) is 12.5. The lowest BCUT2D eigenvalue weighted by Gasteiger charge is -2.20. The monoisotopic (exact) mass is 1070 g/mol. The minimum atomic E-state index is -0.844. The maximum atomic E-state index is 12.5. The van der Waals surface area contributed by atoms with E-state index in [-0.39, 0.29) is 18.5 Å². The average molecular weight is 1070 g/mol. The van der Waals surface area contributed by atoms with Gasteiger partial charge in [-0.25, -0.2) is 0 Å². The standard InChI is InChI=1S/C70H137NO5/c1-3-5-7-9-11-13-15-17-19-20-21-28-31-35-38-42-46-50-54-58-62-68(73)67(66-72)71-69(74)63-59-55-51-47-43-39-36-32-29-26-24-22-23-25-27-30-33-37-41-45-49-53-57-61-65-76-70(75)64-60-56-52-48-44-40-34-18-16-14-12-10-8-6-4-2/h58,62,67-68,72-73H,3-57,59-61,63-66H2,1-2H3,(H,71,74)/b62-58+. The van der Waals surface area contributed by atoms with E-state index in [1.807, 2.05) is 6.08 Å². The van der Waals surface area contributed by atoms with E-state index < -0.39 is 12.1 Å². The predicted octanol–water partition coefficient (Wildman–Crippen LogP) is 22.4. The van der Waals surface area contributed by atoms with Gasteiger partial charge in [0.1, 0.15) is 0 Å². The first-order valence-electron chi connectivity index (χ1n) is 35.0. The van der Waals surface area contributed by atoms with Crippen LogP contribution in [0.3, 0.4) is 0 Å². The highest BCUT2D eigenvalue weighted by molar-refractivity contribution is 5.76. The highest BCUT2D eigenvalue weighted by Crippen LogP contribution is 2.19. The van der Waals surface area contributed by atoms with E-state index in [2.05, 4.69) is 19.2 Å². The summed E-state index contributed by atoms with van der Waals surface area (Å²) in [4.78, 5) is 24.6. The third-order valence-electron chi connectivity index (χ3n) is 16.6. The van der Waals surface area contributed by atoms with Crippen LogP contribution in [0.25, 0.3) is 0 Å². The van der Waals surface area contributed by atoms with Gasteiger partial charge in [-0.15, -0.1) is 0 Å². The molecule has 0 aliphatic carbocycles. The minimum Gasteiger partial charge on any atom is -0.466 e. The fraction of sp³-hybridized carbons (Fsp3) is 0.943. The Labute approximate surface area is 476 Å². The van der Waals surface area contributed by atoms with E-state index in [0.29, 0.717) is 19.4 Å². The van der Waals surface area contributed by atoms with Gasteiger partial charge in [0.25, 0.3) is 0 Å². The first-order valence-corrected chi connectivity index (χ1v) is 35.0. The Morgan fingerprint density at radius 3 is 0.895 bits per heavy atom. The van der Waals surface area contributed by atoms with E-state index in [4.69, 9.17) is 4.74 Å². The molecule has 0 bridgehead atoms. The maximum absolute atomic E-state index is 12.5. The summed E-state index contributed by atoms with van der Waals surface area (Å²) in [6.45, 7) is 4.95. The fourth-order valence-electron chi connectivity index (χ4n) is 11.2. The minimum absolute atomic E-state index is 0.0189. The van der Waals surface area contributed by atoms with Crippen molar-refractivity contribution < 1.29 is 24.5 Å². The Bertz CT molecular complexity index is 1140. The SMILES string of the molecule is CCCCCCCCCCCCCCCCCCCC/C=C/C(O)C(CO)NC(=O)CCCCCCCCCCCCCCCCCCCCCCCCCCOC(=O)CCCCCCCCCCCCCCCCC. The first kappa shape index (κ1) is 74.6. The molecule has 6 heteroatoms. The predicted molar refractivity (Wildman–Crippen MR) is 333 cm³/mol. The van der Waals surface area contributed by atoms with Crippen LogP contribution in [-0.4, -0.2) is 47.4 Å². The van der Waals surface area contributed by atoms with E-state index in [1.165, 1.54) is 334 Å². The zero-order chi connectivity index (χ0) is 55.0. The number of nitrogens with one attached hydrogen (secondary N) is 1. The Kier molecular flexibility index (Phi) is 64.9. The number of carbonyl (C=O) groups is 2. The molecule has 0 aliphatic heterocycles. The summed E-state index contributed by atoms with van der Waals surface area (Å²) in [5, 5.41) is 23.2. The van der Waals surface area contributed by atoms with E-state index in [9.17, 15) is 19.8 Å². The van der Waals surface area contributed by atoms with E-state index in [1.54, 1.807) is 6.08 Å². The molecule has 6 nitrogen and oxygen atoms in total. The van der Waals surface area contributed by atoms with Gasteiger partial charge in [-0.3, -0.25) is 9.59 Å². The van der Waals surface area contributed by atoms with E-state index in [0.717, 1.165) is 38.5 Å². The van der Waals surface area contributed by atoms with Crippen LogP contribution in [0.1, 0.15) is 399 Å². The molecule has 0 heterocycles. The fourth-order valence-corrected chi connectivity index (χ4v) is 11.2. The number of aliphatic hydroxyl groups excluding tert-OH is 2. The second-order valence-corrected chi connectivity index (χ2v) is 24.2. The molecule has 0 aliphatic rings. The molecule has 0 saturated heterocycles. The third kappa shape index (κ3) is 61.8. The second-order valence-electron chi connectivity index (χ2n) is 24.2. The van der Waals surface area contributed by atoms with Crippen LogP contribution < -0.4 is 5.32 Å². The summed E-state index contributed by atoms with van der Waals surface area (Å²) in [5.41, 5.74) is 0. The molecule has 0 fully saturated rings. The number of hydrogen-bond donors (Lipinski definition) is 3. The quantitative estimate of drug-likeness (QED) is 0.0320. The van der Waals surface area contributed by atoms with Crippen LogP contribution in [0.15, 0.2) is 12.2 Å². The number of hydrogen-bond acceptors (Lipinski definition) is 5. The van der Waals surface area contributed by atoms with Crippen LogP contribution >= 0.6 is 0 Å². The molecule has 452 valence electrons. The lowest BCUT2D eigenvalue weighted by Crippen LogP contribution is -2.45. The van der Waals surface area contributed by atoms with Gasteiger partial charge in [0.2, 0.25) is 5.91 Å². The van der Waals surface area contributed by atoms with Gasteiger partial charge in [0.05, 0.1) is 25.4 Å². The topological polar surface area (TPSA) is 95.9 Å². The largest absolute Gasteiger partial charge is 0.466 e. The molecule has 3 N–H and O–H groups in total. The molecule has 0 aromatic carbocycles. The molecule has 0 rings (SSSR count). The highest BCUT2D eigenvalue weighted by Gasteiger charge is 2.18. The number of esters is 1. The van der Waals surface area contributed by atoms with Crippen LogP contribution in [0.4, 0.5) is 0 Å². The summed E-state index contributed by atoms with van der Waals surface area (Å²) < 4.78 is 5.50.